The molecule has 1 aliphatic heterocycles. The van der Waals surface area contributed by atoms with Crippen LogP contribution in [-0.2, 0) is 19.4 Å². The van der Waals surface area contributed by atoms with Gasteiger partial charge in [0.1, 0.15) is 5.69 Å². The van der Waals surface area contributed by atoms with Crippen molar-refractivity contribution in [1.29, 1.82) is 0 Å². The maximum absolute atomic E-state index is 4.58. The lowest BCUT2D eigenvalue weighted by Crippen LogP contribution is -2.29. The van der Waals surface area contributed by atoms with Gasteiger partial charge in [0.2, 0.25) is 0 Å². The Balaban J connectivity index is 1.25. The van der Waals surface area contributed by atoms with Crippen molar-refractivity contribution < 1.29 is 0 Å². The molecule has 2 aromatic heterocycles. The Labute approximate surface area is 200 Å². The van der Waals surface area contributed by atoms with Crippen LogP contribution in [0.4, 0.5) is 5.69 Å². The van der Waals surface area contributed by atoms with Crippen LogP contribution in [0.15, 0.2) is 61.4 Å². The second-order valence-electron chi connectivity index (χ2n) is 9.69. The Morgan fingerprint density at radius 1 is 0.912 bits per heavy atom. The first kappa shape index (κ1) is 21.1. The lowest BCUT2D eigenvalue weighted by molar-refractivity contribution is 0.220. The second-order valence-corrected chi connectivity index (χ2v) is 9.69. The molecule has 5 nitrogen and oxygen atoms in total. The van der Waals surface area contributed by atoms with Gasteiger partial charge in [-0.25, -0.2) is 0 Å². The van der Waals surface area contributed by atoms with Gasteiger partial charge in [0, 0.05) is 35.6 Å². The molecule has 172 valence electrons. The molecule has 2 N–H and O–H groups in total. The fourth-order valence-corrected chi connectivity index (χ4v) is 5.41. The van der Waals surface area contributed by atoms with Crippen molar-refractivity contribution in [1.82, 2.24) is 20.1 Å². The van der Waals surface area contributed by atoms with Crippen molar-refractivity contribution in [2.75, 3.05) is 18.4 Å². The van der Waals surface area contributed by atoms with Gasteiger partial charge in [-0.3, -0.25) is 15.0 Å². The molecule has 2 aromatic carbocycles. The molecule has 0 spiro atoms. The van der Waals surface area contributed by atoms with Crippen molar-refractivity contribution in [3.05, 3.63) is 83.8 Å². The molecule has 5 heteroatoms. The maximum Gasteiger partial charge on any atom is 0.116 e. The highest BCUT2D eigenvalue weighted by Gasteiger charge is 2.15. The number of piperidine rings is 1. The van der Waals surface area contributed by atoms with Crippen LogP contribution in [0.3, 0.4) is 0 Å². The van der Waals surface area contributed by atoms with E-state index in [1.54, 1.807) is 0 Å². The summed E-state index contributed by atoms with van der Waals surface area (Å²) < 4.78 is 0. The van der Waals surface area contributed by atoms with E-state index in [-0.39, 0.29) is 0 Å². The number of nitrogens with one attached hydrogen (secondary N) is 2. The van der Waals surface area contributed by atoms with Gasteiger partial charge in [-0.05, 0) is 97.8 Å². The lowest BCUT2D eigenvalue weighted by atomic mass is 10.0. The van der Waals surface area contributed by atoms with E-state index in [9.17, 15) is 0 Å². The number of rotatable bonds is 6. The van der Waals surface area contributed by atoms with Crippen molar-refractivity contribution >= 4 is 22.3 Å². The molecule has 1 saturated heterocycles. The molecule has 1 fully saturated rings. The summed E-state index contributed by atoms with van der Waals surface area (Å²) in [6, 6.07) is 15.4. The van der Waals surface area contributed by atoms with Gasteiger partial charge in [-0.15, -0.1) is 0 Å². The predicted molar refractivity (Wildman–Crippen MR) is 140 cm³/mol. The van der Waals surface area contributed by atoms with Crippen molar-refractivity contribution in [2.24, 2.45) is 0 Å². The molecule has 1 aliphatic carbocycles. The van der Waals surface area contributed by atoms with Crippen LogP contribution in [0.25, 0.3) is 27.7 Å². The summed E-state index contributed by atoms with van der Waals surface area (Å²) >= 11 is 0. The number of anilines is 1. The molecule has 0 radical (unpaired) electrons. The monoisotopic (exact) mass is 449 g/mol. The topological polar surface area (TPSA) is 56.8 Å². The summed E-state index contributed by atoms with van der Waals surface area (Å²) in [7, 11) is 0. The fourth-order valence-electron chi connectivity index (χ4n) is 5.41. The molecule has 6 rings (SSSR count). The van der Waals surface area contributed by atoms with Crippen LogP contribution in [0.1, 0.15) is 48.1 Å². The number of fused-ring (bicyclic) bond motifs is 2. The first-order valence-electron chi connectivity index (χ1n) is 12.5. The molecule has 4 aromatic rings. The molecule has 0 saturated carbocycles. The van der Waals surface area contributed by atoms with Crippen molar-refractivity contribution in [2.45, 2.75) is 45.1 Å². The van der Waals surface area contributed by atoms with Gasteiger partial charge in [0.25, 0.3) is 0 Å². The first-order chi connectivity index (χ1) is 16.7. The van der Waals surface area contributed by atoms with E-state index < -0.39 is 0 Å². The van der Waals surface area contributed by atoms with Crippen LogP contribution in [-0.4, -0.2) is 33.2 Å². The molecular weight excluding hydrogens is 418 g/mol. The van der Waals surface area contributed by atoms with Gasteiger partial charge in [0.05, 0.1) is 11.2 Å². The number of likely N-dealkylation sites (tertiary alicyclic amines) is 1. The Kier molecular flexibility index (Phi) is 5.63. The molecule has 0 unspecified atom stereocenters. The number of H-pyrrole nitrogens is 1. The normalized spacial score (nSPS) is 16.0. The zero-order valence-electron chi connectivity index (χ0n) is 19.6. The number of hydrogen-bond donors (Lipinski definition) is 2. The van der Waals surface area contributed by atoms with Gasteiger partial charge in [-0.2, -0.15) is 5.10 Å². The highest BCUT2D eigenvalue weighted by atomic mass is 15.1. The highest BCUT2D eigenvalue weighted by Crippen LogP contribution is 2.30. The summed E-state index contributed by atoms with van der Waals surface area (Å²) in [5, 5.41) is 12.3. The zero-order valence-corrected chi connectivity index (χ0v) is 19.6. The SMILES string of the molecule is C=C(Nc1ccc2c(c1)CCC2)c1n[nH]c2ccc(-c3cncc(CN4CCCCC4)c3)cc12. The molecule has 34 heavy (non-hydrogen) atoms. The van der Waals surface area contributed by atoms with Gasteiger partial charge in [-0.1, -0.05) is 25.1 Å². The summed E-state index contributed by atoms with van der Waals surface area (Å²) in [6.07, 6.45) is 11.5. The minimum Gasteiger partial charge on any atom is -0.354 e. The number of benzene rings is 2. The lowest BCUT2D eigenvalue weighted by Gasteiger charge is -2.26. The average molecular weight is 450 g/mol. The van der Waals surface area contributed by atoms with E-state index in [0.29, 0.717) is 0 Å². The highest BCUT2D eigenvalue weighted by molar-refractivity contribution is 5.95. The summed E-state index contributed by atoms with van der Waals surface area (Å²) in [4.78, 5) is 7.09. The van der Waals surface area contributed by atoms with Gasteiger partial charge >= 0.3 is 0 Å². The van der Waals surface area contributed by atoms with Crippen LogP contribution in [0.5, 0.6) is 0 Å². The smallest absolute Gasteiger partial charge is 0.116 e. The van der Waals surface area contributed by atoms with Gasteiger partial charge in [0.15, 0.2) is 0 Å². The predicted octanol–water partition coefficient (Wildman–Crippen LogP) is 6.18. The van der Waals surface area contributed by atoms with E-state index in [1.807, 2.05) is 12.4 Å². The number of aromatic amines is 1. The molecular formula is C29H31N5. The van der Waals surface area contributed by atoms with E-state index in [4.69, 9.17) is 0 Å². The maximum atomic E-state index is 4.58. The molecule has 3 heterocycles. The average Bonchev–Trinajstić information content (AvgIpc) is 3.51. The third kappa shape index (κ3) is 4.24. The summed E-state index contributed by atoms with van der Waals surface area (Å²) in [5.74, 6) is 0. The Bertz CT molecular complexity index is 1350. The van der Waals surface area contributed by atoms with E-state index in [2.05, 4.69) is 74.4 Å². The minimum atomic E-state index is 0.804. The molecule has 2 aliphatic rings. The minimum absolute atomic E-state index is 0.804. The zero-order chi connectivity index (χ0) is 22.9. The third-order valence-electron chi connectivity index (χ3n) is 7.23. The van der Waals surface area contributed by atoms with Crippen LogP contribution in [0.2, 0.25) is 0 Å². The summed E-state index contributed by atoms with van der Waals surface area (Å²) in [5.41, 5.74) is 10.2. The van der Waals surface area contributed by atoms with E-state index >= 15 is 0 Å². The first-order valence-corrected chi connectivity index (χ1v) is 12.5. The van der Waals surface area contributed by atoms with Gasteiger partial charge < -0.3 is 5.32 Å². The standard InChI is InChI=1S/C29H31N5/c1-20(31-26-10-8-22-6-5-7-23(22)15-26)29-27-16-24(9-11-28(27)32-33-29)25-14-21(17-30-18-25)19-34-12-3-2-4-13-34/h8-11,14-18,31H,1-7,12-13,19H2,(H,32,33). The van der Waals surface area contributed by atoms with Crippen LogP contribution >= 0.6 is 0 Å². The largest absolute Gasteiger partial charge is 0.354 e. The number of hydrogen-bond acceptors (Lipinski definition) is 4. The van der Waals surface area contributed by atoms with Crippen LogP contribution in [0, 0.1) is 0 Å². The fraction of sp³-hybridized carbons (Fsp3) is 0.310. The van der Waals surface area contributed by atoms with E-state index in [1.165, 1.54) is 61.9 Å². The van der Waals surface area contributed by atoms with Crippen molar-refractivity contribution in [3.8, 4) is 11.1 Å². The number of pyridine rings is 1. The summed E-state index contributed by atoms with van der Waals surface area (Å²) in [6.45, 7) is 7.66. The molecule has 0 bridgehead atoms. The second kappa shape index (κ2) is 9.07. The third-order valence-corrected chi connectivity index (χ3v) is 7.23. The Morgan fingerprint density at radius 3 is 2.71 bits per heavy atom. The molecule has 0 atom stereocenters. The quantitative estimate of drug-likeness (QED) is 0.369. The van der Waals surface area contributed by atoms with Crippen LogP contribution < -0.4 is 5.32 Å². The Hall–Kier alpha value is -3.44. The number of aromatic nitrogens is 3. The molecule has 0 amide bonds. The number of aryl methyl sites for hydroxylation is 2. The number of nitrogens with zero attached hydrogens (tertiary/aromatic N) is 3. The van der Waals surface area contributed by atoms with Crippen molar-refractivity contribution in [3.63, 3.8) is 0 Å². The Morgan fingerprint density at radius 2 is 1.79 bits per heavy atom. The van der Waals surface area contributed by atoms with E-state index in [0.717, 1.165) is 52.1 Å².